The summed E-state index contributed by atoms with van der Waals surface area (Å²) < 4.78 is 7.34. The molecule has 0 amide bonds. The fourth-order valence-corrected chi connectivity index (χ4v) is 3.48. The maximum atomic E-state index is 10.4. The van der Waals surface area contributed by atoms with Crippen molar-refractivity contribution in [2.24, 2.45) is 5.73 Å². The van der Waals surface area contributed by atoms with E-state index in [0.717, 1.165) is 11.4 Å². The van der Waals surface area contributed by atoms with Gasteiger partial charge in [-0.1, -0.05) is 26.0 Å². The lowest BCUT2D eigenvalue weighted by Crippen LogP contribution is -2.28. The molecule has 0 saturated carbocycles. The third-order valence-electron chi connectivity index (χ3n) is 5.03. The molecule has 5 N–H and O–H groups in total. The van der Waals surface area contributed by atoms with E-state index in [1.807, 2.05) is 19.1 Å². The maximum Gasteiger partial charge on any atom is 0.205 e. The predicted octanol–water partition coefficient (Wildman–Crippen LogP) is 3.57. The van der Waals surface area contributed by atoms with Crippen LogP contribution in [-0.2, 0) is 6.54 Å². The average molecular weight is 428 g/mol. The summed E-state index contributed by atoms with van der Waals surface area (Å²) in [4.78, 5) is 4.82. The molecule has 31 heavy (non-hydrogen) atoms. The molecule has 2 aliphatic heterocycles. The van der Waals surface area contributed by atoms with Crippen LogP contribution in [0.5, 0.6) is 11.5 Å². The molecule has 0 bridgehead atoms. The van der Waals surface area contributed by atoms with Crippen molar-refractivity contribution in [1.82, 2.24) is 19.7 Å². The molecule has 1 aromatic carbocycles. The van der Waals surface area contributed by atoms with E-state index in [2.05, 4.69) is 53.1 Å². The number of benzene rings is 1. The van der Waals surface area contributed by atoms with Crippen LogP contribution in [0.25, 0.3) is 11.4 Å². The Morgan fingerprint density at radius 2 is 1.87 bits per heavy atom. The van der Waals surface area contributed by atoms with E-state index >= 15 is 0 Å². The minimum Gasteiger partial charge on any atom is -0.504 e. The van der Waals surface area contributed by atoms with Crippen LogP contribution in [0.1, 0.15) is 57.8 Å². The van der Waals surface area contributed by atoms with Crippen molar-refractivity contribution in [3.05, 3.63) is 29.5 Å². The first-order valence-corrected chi connectivity index (χ1v) is 10.6. The largest absolute Gasteiger partial charge is 0.504 e. The Balaban J connectivity index is 2.06. The van der Waals surface area contributed by atoms with Crippen LogP contribution in [0.3, 0.4) is 0 Å². The standard InChI is InChI=1S/C22H33N7O2/c1-12(2)17-19-18(28-27-17)21(24-11-15-8-7-9-16(31-6)20(15)30)26-22(25-10-14(5)23)29(19)13(3)4/h7-9,12-14,24,30H,10-11,23H2,1-6H3,(H,25,26). The van der Waals surface area contributed by atoms with Crippen molar-refractivity contribution in [2.45, 2.75) is 59.2 Å². The van der Waals surface area contributed by atoms with Crippen LogP contribution in [-0.4, -0.2) is 44.6 Å². The molecule has 0 radical (unpaired) electrons. The van der Waals surface area contributed by atoms with Crippen molar-refractivity contribution >= 4 is 11.8 Å². The van der Waals surface area contributed by atoms with Gasteiger partial charge < -0.3 is 30.8 Å². The van der Waals surface area contributed by atoms with E-state index < -0.39 is 0 Å². The molecule has 2 heterocycles. The Morgan fingerprint density at radius 3 is 2.48 bits per heavy atom. The number of phenols is 1. The van der Waals surface area contributed by atoms with Gasteiger partial charge in [0.1, 0.15) is 0 Å². The highest BCUT2D eigenvalue weighted by molar-refractivity contribution is 5.75. The zero-order valence-corrected chi connectivity index (χ0v) is 19.1. The molecular formula is C22H33N7O2. The molecule has 0 aromatic heterocycles. The molecule has 0 spiro atoms. The van der Waals surface area contributed by atoms with Crippen molar-refractivity contribution in [3.63, 3.8) is 0 Å². The van der Waals surface area contributed by atoms with E-state index in [1.165, 1.54) is 7.11 Å². The van der Waals surface area contributed by atoms with Gasteiger partial charge in [-0.05, 0) is 32.8 Å². The molecule has 1 atom stereocenters. The van der Waals surface area contributed by atoms with Crippen molar-refractivity contribution in [3.8, 4) is 22.9 Å². The third kappa shape index (κ3) is 4.66. The minimum atomic E-state index is -0.0243. The number of aromatic hydroxyl groups is 1. The molecular weight excluding hydrogens is 394 g/mol. The quantitative estimate of drug-likeness (QED) is 0.409. The van der Waals surface area contributed by atoms with E-state index in [1.54, 1.807) is 6.07 Å². The molecule has 3 rings (SSSR count). The number of phenolic OH excluding ortho intramolecular Hbond substituents is 1. The first kappa shape index (κ1) is 22.6. The number of fused-ring (bicyclic) bond motifs is 1. The van der Waals surface area contributed by atoms with Gasteiger partial charge in [-0.2, -0.15) is 10.1 Å². The number of ether oxygens (including phenoxy) is 1. The van der Waals surface area contributed by atoms with Crippen LogP contribution in [0.2, 0.25) is 0 Å². The summed E-state index contributed by atoms with van der Waals surface area (Å²) in [5, 5.41) is 26.0. The van der Waals surface area contributed by atoms with Crippen LogP contribution in [0, 0.1) is 0 Å². The minimum absolute atomic E-state index is 0.0243. The lowest BCUT2D eigenvalue weighted by Gasteiger charge is -2.25. The Kier molecular flexibility index (Phi) is 6.84. The lowest BCUT2D eigenvalue weighted by molar-refractivity contribution is 0.371. The zero-order valence-electron chi connectivity index (χ0n) is 19.1. The summed E-state index contributed by atoms with van der Waals surface area (Å²) in [6, 6.07) is 5.52. The van der Waals surface area contributed by atoms with Gasteiger partial charge in [0.15, 0.2) is 23.0 Å². The van der Waals surface area contributed by atoms with Gasteiger partial charge in [-0.15, -0.1) is 5.10 Å². The topological polar surface area (TPSA) is 123 Å². The second-order valence-electron chi connectivity index (χ2n) is 8.36. The molecule has 168 valence electrons. The van der Waals surface area contributed by atoms with Gasteiger partial charge in [0, 0.05) is 30.7 Å². The maximum absolute atomic E-state index is 10.4. The number of hydrogen-bond acceptors (Lipinski definition) is 8. The van der Waals surface area contributed by atoms with Gasteiger partial charge in [0.2, 0.25) is 5.95 Å². The highest BCUT2D eigenvalue weighted by Gasteiger charge is 2.28. The van der Waals surface area contributed by atoms with Crippen molar-refractivity contribution in [1.29, 1.82) is 0 Å². The van der Waals surface area contributed by atoms with Crippen molar-refractivity contribution < 1.29 is 9.84 Å². The highest BCUT2D eigenvalue weighted by atomic mass is 16.5. The van der Waals surface area contributed by atoms with Crippen molar-refractivity contribution in [2.75, 3.05) is 24.3 Å². The summed E-state index contributed by atoms with van der Waals surface area (Å²) in [5.41, 5.74) is 9.24. The van der Waals surface area contributed by atoms with E-state index in [4.69, 9.17) is 15.5 Å². The lowest BCUT2D eigenvalue weighted by atomic mass is 10.1. The Bertz CT molecular complexity index is 998. The summed E-state index contributed by atoms with van der Waals surface area (Å²) >= 11 is 0. The molecule has 2 aliphatic rings. The molecule has 9 nitrogen and oxygen atoms in total. The van der Waals surface area contributed by atoms with E-state index in [-0.39, 0.29) is 23.8 Å². The van der Waals surface area contributed by atoms with Crippen LogP contribution >= 0.6 is 0 Å². The van der Waals surface area contributed by atoms with E-state index in [9.17, 15) is 5.11 Å². The van der Waals surface area contributed by atoms with E-state index in [0.29, 0.717) is 41.9 Å². The number of methoxy groups -OCH3 is 1. The highest BCUT2D eigenvalue weighted by Crippen LogP contribution is 2.38. The Labute approximate surface area is 183 Å². The second kappa shape index (κ2) is 9.38. The molecule has 0 fully saturated rings. The first-order chi connectivity index (χ1) is 14.7. The first-order valence-electron chi connectivity index (χ1n) is 10.6. The number of nitrogens with zero attached hydrogens (tertiary/aromatic N) is 4. The second-order valence-corrected chi connectivity index (χ2v) is 8.36. The number of hydrogen-bond donors (Lipinski definition) is 4. The number of nitrogens with two attached hydrogens (primary N) is 1. The van der Waals surface area contributed by atoms with Crippen LogP contribution in [0.4, 0.5) is 11.8 Å². The summed E-state index contributed by atoms with van der Waals surface area (Å²) in [6.45, 7) is 11.3. The Morgan fingerprint density at radius 1 is 1.13 bits per heavy atom. The van der Waals surface area contributed by atoms with Gasteiger partial charge in [-0.25, -0.2) is 0 Å². The number of nitrogens with one attached hydrogen (secondary N) is 2. The summed E-state index contributed by atoms with van der Waals surface area (Å²) in [6.07, 6.45) is 0. The summed E-state index contributed by atoms with van der Waals surface area (Å²) in [7, 11) is 1.53. The zero-order chi connectivity index (χ0) is 22.7. The third-order valence-corrected chi connectivity index (χ3v) is 5.03. The number of anilines is 2. The molecule has 1 aromatic rings. The van der Waals surface area contributed by atoms with Gasteiger partial charge in [-0.3, -0.25) is 0 Å². The number of aromatic nitrogens is 4. The van der Waals surface area contributed by atoms with Gasteiger partial charge >= 0.3 is 0 Å². The fraction of sp³-hybridized carbons (Fsp3) is 0.500. The van der Waals surface area contributed by atoms with Crippen LogP contribution < -0.4 is 21.1 Å². The predicted molar refractivity (Wildman–Crippen MR) is 123 cm³/mol. The smallest absolute Gasteiger partial charge is 0.205 e. The Hall–Kier alpha value is -3.07. The molecule has 0 saturated heterocycles. The van der Waals surface area contributed by atoms with Crippen LogP contribution in [0.15, 0.2) is 18.2 Å². The number of para-hydroxylation sites is 1. The fourth-order valence-electron chi connectivity index (χ4n) is 3.48. The molecule has 1 unspecified atom stereocenters. The molecule has 0 aliphatic carbocycles. The molecule has 9 heteroatoms. The average Bonchev–Trinajstić information content (AvgIpc) is 3.16. The van der Waals surface area contributed by atoms with Gasteiger partial charge in [0.05, 0.1) is 18.5 Å². The number of rotatable bonds is 9. The SMILES string of the molecule is COc1cccc(CNc2nc(NCC(C)N)n(C(C)C)c3c(C(C)C)nnc2-3)c1O. The summed E-state index contributed by atoms with van der Waals surface area (Å²) in [5.74, 6) is 2.04. The van der Waals surface area contributed by atoms with Gasteiger partial charge in [0.25, 0.3) is 0 Å². The normalized spacial score (nSPS) is 12.5. The monoisotopic (exact) mass is 427 g/mol.